The zero-order valence-corrected chi connectivity index (χ0v) is 12.3. The highest BCUT2D eigenvalue weighted by atomic mass is 35.5. The van der Waals surface area contributed by atoms with E-state index in [1.165, 1.54) is 0 Å². The third kappa shape index (κ3) is 2.69. The summed E-state index contributed by atoms with van der Waals surface area (Å²) in [5, 5.41) is 12.5. The van der Waals surface area contributed by atoms with Crippen LogP contribution in [0.1, 0.15) is 18.9 Å². The molecule has 8 heteroatoms. The predicted octanol–water partition coefficient (Wildman–Crippen LogP) is 1.66. The quantitative estimate of drug-likeness (QED) is 0.852. The van der Waals surface area contributed by atoms with Crippen LogP contribution in [0.4, 0.5) is 5.69 Å². The maximum atomic E-state index is 11.4. The molecule has 2 N–H and O–H groups in total. The first-order valence-corrected chi connectivity index (χ1v) is 8.19. The van der Waals surface area contributed by atoms with Gasteiger partial charge in [0.05, 0.1) is 6.04 Å². The van der Waals surface area contributed by atoms with E-state index < -0.39 is 10.8 Å². The Morgan fingerprint density at radius 1 is 1.30 bits per heavy atom. The van der Waals surface area contributed by atoms with Gasteiger partial charge in [-0.2, -0.15) is 0 Å². The molecule has 0 unspecified atom stereocenters. The minimum absolute atomic E-state index is 0.179. The third-order valence-corrected chi connectivity index (χ3v) is 4.97. The summed E-state index contributed by atoms with van der Waals surface area (Å²) in [5.74, 6) is 2.04. The zero-order valence-electron chi connectivity index (χ0n) is 10.7. The van der Waals surface area contributed by atoms with Crippen molar-refractivity contribution in [3.05, 3.63) is 23.2 Å². The lowest BCUT2D eigenvalue weighted by Gasteiger charge is -2.22. The molecule has 2 aromatic rings. The van der Waals surface area contributed by atoms with Gasteiger partial charge in [-0.05, 0) is 41.5 Å². The van der Waals surface area contributed by atoms with Gasteiger partial charge in [-0.1, -0.05) is 11.6 Å². The topological polar surface area (TPSA) is 86.7 Å². The molecule has 1 fully saturated rings. The summed E-state index contributed by atoms with van der Waals surface area (Å²) < 4.78 is 13.2. The van der Waals surface area contributed by atoms with Crippen LogP contribution in [0.3, 0.4) is 0 Å². The fourth-order valence-electron chi connectivity index (χ4n) is 2.40. The van der Waals surface area contributed by atoms with E-state index in [1.54, 1.807) is 22.9 Å². The molecule has 0 spiro atoms. The van der Waals surface area contributed by atoms with Gasteiger partial charge in [0.2, 0.25) is 0 Å². The van der Waals surface area contributed by atoms with Crippen LogP contribution >= 0.6 is 11.6 Å². The molecule has 0 amide bonds. The molecule has 1 aliphatic heterocycles. The van der Waals surface area contributed by atoms with Crippen LogP contribution in [-0.2, 0) is 10.8 Å². The molecule has 106 valence electrons. The summed E-state index contributed by atoms with van der Waals surface area (Å²) in [6.07, 6.45) is 1.64. The number of hydrogen-bond acceptors (Lipinski definition) is 5. The van der Waals surface area contributed by atoms with Crippen LogP contribution in [0, 0.1) is 0 Å². The molecule has 20 heavy (non-hydrogen) atoms. The molecule has 3 rings (SSSR count). The van der Waals surface area contributed by atoms with Gasteiger partial charge in [-0.25, -0.2) is 4.68 Å². The number of halogens is 1. The monoisotopic (exact) mass is 311 g/mol. The molecule has 6 nitrogen and oxygen atoms in total. The van der Waals surface area contributed by atoms with Crippen LogP contribution < -0.4 is 5.73 Å². The second-order valence-electron chi connectivity index (χ2n) is 4.80. The van der Waals surface area contributed by atoms with Crippen molar-refractivity contribution >= 4 is 28.1 Å². The summed E-state index contributed by atoms with van der Waals surface area (Å²) in [5.41, 5.74) is 7.18. The summed E-state index contributed by atoms with van der Waals surface area (Å²) in [6.45, 7) is 0. The van der Waals surface area contributed by atoms with Crippen molar-refractivity contribution in [1.29, 1.82) is 0 Å². The Morgan fingerprint density at radius 3 is 2.75 bits per heavy atom. The van der Waals surface area contributed by atoms with Crippen LogP contribution in [-0.4, -0.2) is 35.9 Å². The number of rotatable bonds is 2. The van der Waals surface area contributed by atoms with E-state index in [-0.39, 0.29) is 6.04 Å². The number of nitrogens with two attached hydrogens (primary N) is 1. The first kappa shape index (κ1) is 13.5. The first-order chi connectivity index (χ1) is 9.63. The minimum Gasteiger partial charge on any atom is -0.399 e. The summed E-state index contributed by atoms with van der Waals surface area (Å²) in [4.78, 5) is 0. The highest BCUT2D eigenvalue weighted by Crippen LogP contribution is 2.29. The van der Waals surface area contributed by atoms with Crippen molar-refractivity contribution in [1.82, 2.24) is 20.2 Å². The Kier molecular flexibility index (Phi) is 3.71. The van der Waals surface area contributed by atoms with Gasteiger partial charge in [0.15, 0.2) is 5.82 Å². The Bertz CT molecular complexity index is 629. The molecule has 0 saturated carbocycles. The van der Waals surface area contributed by atoms with Gasteiger partial charge in [0.1, 0.15) is 0 Å². The lowest BCUT2D eigenvalue weighted by Crippen LogP contribution is -2.23. The van der Waals surface area contributed by atoms with Crippen molar-refractivity contribution in [2.75, 3.05) is 17.2 Å². The van der Waals surface area contributed by atoms with E-state index in [9.17, 15) is 4.21 Å². The Labute approximate surface area is 123 Å². The van der Waals surface area contributed by atoms with Crippen molar-refractivity contribution < 1.29 is 4.21 Å². The maximum Gasteiger partial charge on any atom is 0.182 e. The summed E-state index contributed by atoms with van der Waals surface area (Å²) >= 11 is 6.03. The van der Waals surface area contributed by atoms with Gasteiger partial charge >= 0.3 is 0 Å². The van der Waals surface area contributed by atoms with Crippen molar-refractivity contribution in [2.45, 2.75) is 18.9 Å². The number of tetrazole rings is 1. The fraction of sp³-hybridized carbons (Fsp3) is 0.417. The number of nitrogens with zero attached hydrogens (tertiary/aromatic N) is 4. The zero-order chi connectivity index (χ0) is 14.1. The van der Waals surface area contributed by atoms with Crippen LogP contribution in [0.2, 0.25) is 5.02 Å². The molecule has 1 saturated heterocycles. The molecule has 0 atom stereocenters. The first-order valence-electron chi connectivity index (χ1n) is 6.33. The fourth-order valence-corrected chi connectivity index (χ4v) is 3.91. The van der Waals surface area contributed by atoms with E-state index in [2.05, 4.69) is 15.5 Å². The number of hydrogen-bond donors (Lipinski definition) is 1. The number of benzene rings is 1. The molecular weight excluding hydrogens is 298 g/mol. The van der Waals surface area contributed by atoms with E-state index in [0.29, 0.717) is 28.0 Å². The second kappa shape index (κ2) is 5.49. The molecule has 1 aromatic heterocycles. The van der Waals surface area contributed by atoms with Gasteiger partial charge in [0, 0.05) is 38.6 Å². The van der Waals surface area contributed by atoms with E-state index in [1.807, 2.05) is 0 Å². The highest BCUT2D eigenvalue weighted by molar-refractivity contribution is 7.85. The minimum atomic E-state index is -0.704. The van der Waals surface area contributed by atoms with E-state index >= 15 is 0 Å². The largest absolute Gasteiger partial charge is 0.399 e. The lowest BCUT2D eigenvalue weighted by molar-refractivity contribution is 0.415. The molecular formula is C12H14ClN5OS. The molecule has 1 aliphatic rings. The summed E-state index contributed by atoms with van der Waals surface area (Å²) in [7, 11) is -0.704. The molecule has 2 heterocycles. The van der Waals surface area contributed by atoms with Gasteiger partial charge < -0.3 is 5.73 Å². The van der Waals surface area contributed by atoms with Gasteiger partial charge in [0.25, 0.3) is 0 Å². The molecule has 0 aliphatic carbocycles. The van der Waals surface area contributed by atoms with Crippen LogP contribution in [0.25, 0.3) is 11.4 Å². The van der Waals surface area contributed by atoms with Gasteiger partial charge in [-0.3, -0.25) is 4.21 Å². The maximum absolute atomic E-state index is 11.4. The number of anilines is 1. The average Bonchev–Trinajstić information content (AvgIpc) is 2.87. The molecule has 0 radical (unpaired) electrons. The van der Waals surface area contributed by atoms with Crippen molar-refractivity contribution in [3.8, 4) is 11.4 Å². The Hall–Kier alpha value is -1.47. The smallest absolute Gasteiger partial charge is 0.182 e. The predicted molar refractivity (Wildman–Crippen MR) is 78.8 cm³/mol. The van der Waals surface area contributed by atoms with Crippen molar-refractivity contribution in [3.63, 3.8) is 0 Å². The average molecular weight is 312 g/mol. The second-order valence-corrected chi connectivity index (χ2v) is 6.93. The molecule has 0 bridgehead atoms. The van der Waals surface area contributed by atoms with Gasteiger partial charge in [-0.15, -0.1) is 5.10 Å². The normalized spacial score (nSPS) is 22.9. The SMILES string of the molecule is Nc1cc(Cl)cc(-c2nnnn2C2CCS(=O)CC2)c1. The van der Waals surface area contributed by atoms with Crippen molar-refractivity contribution in [2.24, 2.45) is 0 Å². The number of aromatic nitrogens is 4. The summed E-state index contributed by atoms with van der Waals surface area (Å²) in [6, 6.07) is 5.46. The highest BCUT2D eigenvalue weighted by Gasteiger charge is 2.23. The van der Waals surface area contributed by atoms with Crippen LogP contribution in [0.15, 0.2) is 18.2 Å². The van der Waals surface area contributed by atoms with Crippen LogP contribution in [0.5, 0.6) is 0 Å². The molecule has 1 aromatic carbocycles. The third-order valence-electron chi connectivity index (χ3n) is 3.37. The Balaban J connectivity index is 1.95. The standard InChI is InChI=1S/C12H14ClN5OS/c13-9-5-8(6-10(14)7-9)12-15-16-17-18(12)11-1-3-20(19)4-2-11/h5-7,11H,1-4,14H2. The Morgan fingerprint density at radius 2 is 2.05 bits per heavy atom. The van der Waals surface area contributed by atoms with E-state index in [4.69, 9.17) is 17.3 Å². The number of nitrogen functional groups attached to an aromatic ring is 1. The lowest BCUT2D eigenvalue weighted by atomic mass is 10.1. The van der Waals surface area contributed by atoms with E-state index in [0.717, 1.165) is 18.4 Å².